The SMILES string of the molecule is CN(Cc1ccc[nH]1)CC(C)(C)CN1CCNCC1. The third-order valence-electron chi connectivity index (χ3n) is 3.66. The quantitative estimate of drug-likeness (QED) is 0.814. The van der Waals surface area contributed by atoms with E-state index in [1.165, 1.54) is 25.3 Å². The second-order valence-corrected chi connectivity index (χ2v) is 6.56. The van der Waals surface area contributed by atoms with Gasteiger partial charge in [-0.1, -0.05) is 13.8 Å². The van der Waals surface area contributed by atoms with E-state index in [2.05, 4.69) is 53.1 Å². The molecule has 1 saturated heterocycles. The van der Waals surface area contributed by atoms with E-state index in [4.69, 9.17) is 0 Å². The van der Waals surface area contributed by atoms with E-state index in [1.54, 1.807) is 0 Å². The van der Waals surface area contributed by atoms with Crippen LogP contribution in [0.3, 0.4) is 0 Å². The maximum Gasteiger partial charge on any atom is 0.0382 e. The molecule has 108 valence electrons. The minimum Gasteiger partial charge on any atom is -0.364 e. The van der Waals surface area contributed by atoms with Gasteiger partial charge in [0.15, 0.2) is 0 Å². The molecule has 0 bridgehead atoms. The maximum atomic E-state index is 3.41. The summed E-state index contributed by atoms with van der Waals surface area (Å²) in [5.41, 5.74) is 1.62. The number of hydrogen-bond acceptors (Lipinski definition) is 3. The van der Waals surface area contributed by atoms with Gasteiger partial charge >= 0.3 is 0 Å². The fourth-order valence-corrected chi connectivity index (χ4v) is 3.07. The highest BCUT2D eigenvalue weighted by molar-refractivity contribution is 5.03. The van der Waals surface area contributed by atoms with Crippen LogP contribution in [0.15, 0.2) is 18.3 Å². The summed E-state index contributed by atoms with van der Waals surface area (Å²) in [6.07, 6.45) is 2.00. The van der Waals surface area contributed by atoms with Crippen LogP contribution in [-0.2, 0) is 6.54 Å². The number of nitrogens with zero attached hydrogens (tertiary/aromatic N) is 2. The molecule has 0 saturated carbocycles. The largest absolute Gasteiger partial charge is 0.364 e. The van der Waals surface area contributed by atoms with Gasteiger partial charge in [0.25, 0.3) is 0 Å². The molecular formula is C15H28N4. The lowest BCUT2D eigenvalue weighted by atomic mass is 9.91. The molecule has 1 aromatic rings. The summed E-state index contributed by atoms with van der Waals surface area (Å²) < 4.78 is 0. The molecule has 19 heavy (non-hydrogen) atoms. The van der Waals surface area contributed by atoms with E-state index in [1.807, 2.05) is 6.20 Å². The van der Waals surface area contributed by atoms with Crippen LogP contribution in [0.5, 0.6) is 0 Å². The average molecular weight is 264 g/mol. The third kappa shape index (κ3) is 4.97. The lowest BCUT2D eigenvalue weighted by Crippen LogP contribution is -2.48. The van der Waals surface area contributed by atoms with Crippen molar-refractivity contribution in [1.29, 1.82) is 0 Å². The lowest BCUT2D eigenvalue weighted by molar-refractivity contribution is 0.120. The number of aromatic amines is 1. The van der Waals surface area contributed by atoms with Crippen molar-refractivity contribution in [1.82, 2.24) is 20.1 Å². The normalized spacial score (nSPS) is 18.1. The first kappa shape index (κ1) is 14.6. The van der Waals surface area contributed by atoms with Gasteiger partial charge < -0.3 is 20.1 Å². The van der Waals surface area contributed by atoms with Crippen LogP contribution in [0.4, 0.5) is 0 Å². The smallest absolute Gasteiger partial charge is 0.0382 e. The van der Waals surface area contributed by atoms with Crippen molar-refractivity contribution in [2.75, 3.05) is 46.3 Å². The predicted molar refractivity (Wildman–Crippen MR) is 80.2 cm³/mol. The topological polar surface area (TPSA) is 34.3 Å². The van der Waals surface area contributed by atoms with E-state index in [-0.39, 0.29) is 0 Å². The highest BCUT2D eigenvalue weighted by atomic mass is 15.2. The van der Waals surface area contributed by atoms with Gasteiger partial charge in [0.1, 0.15) is 0 Å². The Morgan fingerprint density at radius 1 is 1.32 bits per heavy atom. The Morgan fingerprint density at radius 3 is 2.68 bits per heavy atom. The summed E-state index contributed by atoms with van der Waals surface area (Å²) in [6, 6.07) is 4.22. The van der Waals surface area contributed by atoms with E-state index in [0.29, 0.717) is 5.41 Å². The number of nitrogens with one attached hydrogen (secondary N) is 2. The molecule has 1 aliphatic rings. The molecule has 0 unspecified atom stereocenters. The zero-order chi connectivity index (χ0) is 13.7. The number of hydrogen-bond donors (Lipinski definition) is 2. The van der Waals surface area contributed by atoms with Gasteiger partial charge in [-0.15, -0.1) is 0 Å². The summed E-state index contributed by atoms with van der Waals surface area (Å²) in [5, 5.41) is 3.41. The Bertz CT molecular complexity index is 352. The first-order valence-corrected chi connectivity index (χ1v) is 7.29. The van der Waals surface area contributed by atoms with Crippen molar-refractivity contribution in [2.45, 2.75) is 20.4 Å². The third-order valence-corrected chi connectivity index (χ3v) is 3.66. The summed E-state index contributed by atoms with van der Waals surface area (Å²) in [4.78, 5) is 8.27. The molecule has 1 fully saturated rings. The van der Waals surface area contributed by atoms with Crippen LogP contribution in [-0.4, -0.2) is 61.1 Å². The lowest BCUT2D eigenvalue weighted by Gasteiger charge is -2.37. The zero-order valence-corrected chi connectivity index (χ0v) is 12.6. The van der Waals surface area contributed by atoms with Crippen molar-refractivity contribution in [3.05, 3.63) is 24.0 Å². The summed E-state index contributed by atoms with van der Waals surface area (Å²) in [6.45, 7) is 12.7. The molecule has 1 aromatic heterocycles. The number of piperazine rings is 1. The van der Waals surface area contributed by atoms with Crippen molar-refractivity contribution >= 4 is 0 Å². The molecule has 0 aromatic carbocycles. The summed E-state index contributed by atoms with van der Waals surface area (Å²) >= 11 is 0. The summed E-state index contributed by atoms with van der Waals surface area (Å²) in [7, 11) is 2.21. The van der Waals surface area contributed by atoms with Gasteiger partial charge in [0.2, 0.25) is 0 Å². The van der Waals surface area contributed by atoms with E-state index >= 15 is 0 Å². The monoisotopic (exact) mass is 264 g/mol. The molecule has 4 heteroatoms. The van der Waals surface area contributed by atoms with Crippen LogP contribution < -0.4 is 5.32 Å². The molecule has 0 atom stereocenters. The number of H-pyrrole nitrogens is 1. The van der Waals surface area contributed by atoms with Crippen molar-refractivity contribution in [2.24, 2.45) is 5.41 Å². The molecular weight excluding hydrogens is 236 g/mol. The Balaban J connectivity index is 1.78. The van der Waals surface area contributed by atoms with Crippen LogP contribution in [0, 0.1) is 5.41 Å². The fraction of sp³-hybridized carbons (Fsp3) is 0.733. The minimum absolute atomic E-state index is 0.332. The van der Waals surface area contributed by atoms with Gasteiger partial charge in [0, 0.05) is 57.7 Å². The second kappa shape index (κ2) is 6.55. The van der Waals surface area contributed by atoms with Crippen molar-refractivity contribution < 1.29 is 0 Å². The number of aromatic nitrogens is 1. The Kier molecular flexibility index (Phi) is 5.02. The van der Waals surface area contributed by atoms with E-state index in [9.17, 15) is 0 Å². The summed E-state index contributed by atoms with van der Waals surface area (Å²) in [5.74, 6) is 0. The van der Waals surface area contributed by atoms with Crippen LogP contribution in [0.1, 0.15) is 19.5 Å². The Hall–Kier alpha value is -0.840. The Labute approximate surface area is 117 Å². The molecule has 2 heterocycles. The first-order valence-electron chi connectivity index (χ1n) is 7.29. The Morgan fingerprint density at radius 2 is 2.05 bits per heavy atom. The van der Waals surface area contributed by atoms with Crippen molar-refractivity contribution in [3.8, 4) is 0 Å². The first-order chi connectivity index (χ1) is 9.05. The molecule has 0 aliphatic carbocycles. The van der Waals surface area contributed by atoms with Crippen LogP contribution in [0.25, 0.3) is 0 Å². The minimum atomic E-state index is 0.332. The van der Waals surface area contributed by atoms with Gasteiger partial charge in [-0.05, 0) is 24.6 Å². The molecule has 0 radical (unpaired) electrons. The molecule has 0 amide bonds. The second-order valence-electron chi connectivity index (χ2n) is 6.56. The van der Waals surface area contributed by atoms with Gasteiger partial charge in [-0.3, -0.25) is 0 Å². The standard InChI is InChI=1S/C15H28N4/c1-15(2,13-19-9-7-16-8-10-19)12-18(3)11-14-5-4-6-17-14/h4-6,16-17H,7-13H2,1-3H3. The van der Waals surface area contributed by atoms with Gasteiger partial charge in [-0.2, -0.15) is 0 Å². The number of rotatable bonds is 6. The molecule has 1 aliphatic heterocycles. The maximum absolute atomic E-state index is 3.41. The van der Waals surface area contributed by atoms with E-state index in [0.717, 1.165) is 26.2 Å². The van der Waals surface area contributed by atoms with Crippen LogP contribution in [0.2, 0.25) is 0 Å². The highest BCUT2D eigenvalue weighted by Gasteiger charge is 2.24. The van der Waals surface area contributed by atoms with Gasteiger partial charge in [-0.25, -0.2) is 0 Å². The van der Waals surface area contributed by atoms with Crippen LogP contribution >= 0.6 is 0 Å². The molecule has 2 N–H and O–H groups in total. The molecule has 2 rings (SSSR count). The van der Waals surface area contributed by atoms with Gasteiger partial charge in [0.05, 0.1) is 0 Å². The average Bonchev–Trinajstić information content (AvgIpc) is 2.81. The predicted octanol–water partition coefficient (Wildman–Crippen LogP) is 1.38. The molecule has 4 nitrogen and oxygen atoms in total. The van der Waals surface area contributed by atoms with E-state index < -0.39 is 0 Å². The zero-order valence-electron chi connectivity index (χ0n) is 12.6. The molecule has 0 spiro atoms. The van der Waals surface area contributed by atoms with Crippen molar-refractivity contribution in [3.63, 3.8) is 0 Å². The highest BCUT2D eigenvalue weighted by Crippen LogP contribution is 2.19. The fourth-order valence-electron chi connectivity index (χ4n) is 3.07.